The van der Waals surface area contributed by atoms with E-state index in [-0.39, 0.29) is 5.91 Å². The molecule has 140 valence electrons. The minimum absolute atomic E-state index is 0.122. The van der Waals surface area contributed by atoms with Crippen LogP contribution in [0.15, 0.2) is 77.5 Å². The molecule has 0 spiro atoms. The van der Waals surface area contributed by atoms with Crippen LogP contribution in [0.1, 0.15) is 16.1 Å². The van der Waals surface area contributed by atoms with E-state index < -0.39 is 0 Å². The predicted molar refractivity (Wildman–Crippen MR) is 111 cm³/mol. The van der Waals surface area contributed by atoms with Gasteiger partial charge in [0.1, 0.15) is 5.69 Å². The van der Waals surface area contributed by atoms with Crippen molar-refractivity contribution in [3.8, 4) is 16.9 Å². The second-order valence-corrected chi connectivity index (χ2v) is 7.38. The van der Waals surface area contributed by atoms with Gasteiger partial charge < -0.3 is 4.90 Å². The zero-order valence-electron chi connectivity index (χ0n) is 15.2. The number of carbonyl (C=O) groups is 1. The first-order valence-electron chi connectivity index (χ1n) is 8.76. The van der Waals surface area contributed by atoms with Crippen molar-refractivity contribution in [2.45, 2.75) is 6.54 Å². The van der Waals surface area contributed by atoms with Gasteiger partial charge in [-0.15, -0.1) is 0 Å². The van der Waals surface area contributed by atoms with Crippen molar-refractivity contribution in [2.24, 2.45) is 0 Å². The zero-order valence-corrected chi connectivity index (χ0v) is 16.8. The van der Waals surface area contributed by atoms with Crippen LogP contribution in [0, 0.1) is 0 Å². The Morgan fingerprint density at radius 2 is 1.89 bits per heavy atom. The molecule has 1 amide bonds. The third kappa shape index (κ3) is 3.89. The summed E-state index contributed by atoms with van der Waals surface area (Å²) in [6.45, 7) is 0.457. The Morgan fingerprint density at radius 1 is 1.14 bits per heavy atom. The van der Waals surface area contributed by atoms with Crippen LogP contribution in [0.5, 0.6) is 0 Å². The lowest BCUT2D eigenvalue weighted by atomic mass is 10.1. The number of amides is 1. The highest BCUT2D eigenvalue weighted by atomic mass is 79.9. The monoisotopic (exact) mass is 435 g/mol. The number of H-pyrrole nitrogens is 1. The number of carbonyl (C=O) groups excluding carboxylic acids is 1. The van der Waals surface area contributed by atoms with Gasteiger partial charge in [0.05, 0.1) is 17.6 Å². The molecule has 2 heterocycles. The number of halogens is 1. The van der Waals surface area contributed by atoms with Crippen LogP contribution in [0.2, 0.25) is 0 Å². The molecule has 0 atom stereocenters. The van der Waals surface area contributed by atoms with Crippen LogP contribution in [0.25, 0.3) is 16.9 Å². The number of nitrogens with zero attached hydrogens (tertiary/aromatic N) is 4. The molecule has 0 aliphatic rings. The second kappa shape index (κ2) is 7.82. The van der Waals surface area contributed by atoms with E-state index in [1.54, 1.807) is 28.9 Å². The van der Waals surface area contributed by atoms with Crippen LogP contribution in [-0.4, -0.2) is 37.8 Å². The van der Waals surface area contributed by atoms with Gasteiger partial charge in [0.15, 0.2) is 0 Å². The Kier molecular flexibility index (Phi) is 5.08. The molecule has 6 nitrogen and oxygen atoms in total. The first kappa shape index (κ1) is 18.2. The summed E-state index contributed by atoms with van der Waals surface area (Å²) in [6.07, 6.45) is 3.70. The lowest BCUT2D eigenvalue weighted by Crippen LogP contribution is -2.26. The molecular formula is C21H18BrN5O. The summed E-state index contributed by atoms with van der Waals surface area (Å²) in [6, 6.07) is 19.4. The lowest BCUT2D eigenvalue weighted by Gasteiger charge is -2.14. The highest BCUT2D eigenvalue weighted by molar-refractivity contribution is 9.10. The van der Waals surface area contributed by atoms with E-state index in [4.69, 9.17) is 0 Å². The molecule has 4 rings (SSSR count). The molecular weight excluding hydrogens is 418 g/mol. The molecule has 2 aromatic heterocycles. The summed E-state index contributed by atoms with van der Waals surface area (Å²) in [7, 11) is 1.77. The third-order valence-corrected chi connectivity index (χ3v) is 4.90. The Labute approximate surface area is 170 Å². The summed E-state index contributed by atoms with van der Waals surface area (Å²) in [5, 5.41) is 11.5. The zero-order chi connectivity index (χ0) is 19.5. The van der Waals surface area contributed by atoms with Crippen LogP contribution in [0.4, 0.5) is 0 Å². The fraction of sp³-hybridized carbons (Fsp3) is 0.0952. The van der Waals surface area contributed by atoms with Crippen LogP contribution >= 0.6 is 15.9 Å². The Morgan fingerprint density at radius 3 is 2.64 bits per heavy atom. The number of rotatable bonds is 5. The molecule has 0 radical (unpaired) electrons. The number of para-hydroxylation sites is 1. The number of aromatic amines is 1. The molecule has 0 fully saturated rings. The van der Waals surface area contributed by atoms with Crippen LogP contribution < -0.4 is 0 Å². The molecule has 1 N–H and O–H groups in total. The maximum Gasteiger partial charge on any atom is 0.271 e. The summed E-state index contributed by atoms with van der Waals surface area (Å²) in [4.78, 5) is 14.4. The van der Waals surface area contributed by atoms with E-state index in [9.17, 15) is 4.79 Å². The SMILES string of the molecule is CN(Cc1cnn(-c2ccccc2)c1)C(=O)c1cc(-c2ccc(Br)cc2)n[nH]1. The number of nitrogens with one attached hydrogen (secondary N) is 1. The quantitative estimate of drug-likeness (QED) is 0.508. The van der Waals surface area contributed by atoms with E-state index in [0.717, 1.165) is 27.0 Å². The van der Waals surface area contributed by atoms with Gasteiger partial charge in [0, 0.05) is 35.4 Å². The van der Waals surface area contributed by atoms with Gasteiger partial charge in [-0.1, -0.05) is 46.3 Å². The number of hydrogen-bond donors (Lipinski definition) is 1. The average Bonchev–Trinajstić information content (AvgIpc) is 3.39. The van der Waals surface area contributed by atoms with Crippen molar-refractivity contribution < 1.29 is 4.79 Å². The first-order chi connectivity index (χ1) is 13.6. The molecule has 4 aromatic rings. The summed E-state index contributed by atoms with van der Waals surface area (Å²) in [5.41, 5.74) is 4.07. The van der Waals surface area contributed by atoms with E-state index in [1.165, 1.54) is 0 Å². The maximum atomic E-state index is 12.7. The fourth-order valence-electron chi connectivity index (χ4n) is 2.91. The van der Waals surface area contributed by atoms with Crippen LogP contribution in [-0.2, 0) is 6.54 Å². The molecule has 2 aromatic carbocycles. The highest BCUT2D eigenvalue weighted by Crippen LogP contribution is 2.21. The van der Waals surface area contributed by atoms with Crippen molar-refractivity contribution in [1.29, 1.82) is 0 Å². The number of hydrogen-bond acceptors (Lipinski definition) is 3. The van der Waals surface area contributed by atoms with Crippen molar-refractivity contribution in [2.75, 3.05) is 7.05 Å². The second-order valence-electron chi connectivity index (χ2n) is 6.46. The molecule has 0 saturated heterocycles. The molecule has 0 aliphatic carbocycles. The van der Waals surface area contributed by atoms with Gasteiger partial charge in [-0.25, -0.2) is 4.68 Å². The Hall–Kier alpha value is -3.19. The van der Waals surface area contributed by atoms with Crippen molar-refractivity contribution >= 4 is 21.8 Å². The van der Waals surface area contributed by atoms with Gasteiger partial charge in [-0.05, 0) is 30.3 Å². The van der Waals surface area contributed by atoms with E-state index in [0.29, 0.717) is 12.2 Å². The molecule has 28 heavy (non-hydrogen) atoms. The Bertz CT molecular complexity index is 1090. The minimum atomic E-state index is -0.122. The standard InChI is InChI=1S/C21H18BrN5O/c1-26(13-15-12-23-27(14-15)18-5-3-2-4-6-18)21(28)20-11-19(24-25-20)16-7-9-17(22)10-8-16/h2-12,14H,13H2,1H3,(H,24,25). The normalized spacial score (nSPS) is 10.8. The topological polar surface area (TPSA) is 66.8 Å². The predicted octanol–water partition coefficient (Wildman–Crippen LogP) is 4.30. The van der Waals surface area contributed by atoms with E-state index in [2.05, 4.69) is 31.2 Å². The van der Waals surface area contributed by atoms with Crippen molar-refractivity contribution in [3.63, 3.8) is 0 Å². The van der Waals surface area contributed by atoms with Gasteiger partial charge in [-0.3, -0.25) is 9.89 Å². The van der Waals surface area contributed by atoms with Crippen molar-refractivity contribution in [3.05, 3.63) is 88.8 Å². The smallest absolute Gasteiger partial charge is 0.271 e. The van der Waals surface area contributed by atoms with E-state index in [1.807, 2.05) is 60.8 Å². The Balaban J connectivity index is 1.45. The van der Waals surface area contributed by atoms with Gasteiger partial charge in [0.25, 0.3) is 5.91 Å². The highest BCUT2D eigenvalue weighted by Gasteiger charge is 2.16. The van der Waals surface area contributed by atoms with Gasteiger partial charge in [-0.2, -0.15) is 10.2 Å². The van der Waals surface area contributed by atoms with Gasteiger partial charge >= 0.3 is 0 Å². The minimum Gasteiger partial charge on any atom is -0.336 e. The van der Waals surface area contributed by atoms with Crippen LogP contribution in [0.3, 0.4) is 0 Å². The number of benzene rings is 2. The van der Waals surface area contributed by atoms with Gasteiger partial charge in [0.2, 0.25) is 0 Å². The van der Waals surface area contributed by atoms with E-state index >= 15 is 0 Å². The largest absolute Gasteiger partial charge is 0.336 e. The molecule has 0 unspecified atom stereocenters. The lowest BCUT2D eigenvalue weighted by molar-refractivity contribution is 0.0779. The average molecular weight is 436 g/mol. The first-order valence-corrected chi connectivity index (χ1v) is 9.55. The summed E-state index contributed by atoms with van der Waals surface area (Å²) >= 11 is 3.42. The number of aromatic nitrogens is 4. The molecule has 0 bridgehead atoms. The van der Waals surface area contributed by atoms with Crippen molar-refractivity contribution in [1.82, 2.24) is 24.9 Å². The third-order valence-electron chi connectivity index (χ3n) is 4.37. The summed E-state index contributed by atoms with van der Waals surface area (Å²) < 4.78 is 2.80. The maximum absolute atomic E-state index is 12.7. The fourth-order valence-corrected chi connectivity index (χ4v) is 3.18. The summed E-state index contributed by atoms with van der Waals surface area (Å²) in [5.74, 6) is -0.122. The molecule has 0 saturated carbocycles. The molecule has 0 aliphatic heterocycles. The molecule has 7 heteroatoms.